The van der Waals surface area contributed by atoms with Crippen LogP contribution in [0, 0.1) is 0 Å². The number of para-hydroxylation sites is 1. The fourth-order valence-electron chi connectivity index (χ4n) is 3.59. The second-order valence-corrected chi connectivity index (χ2v) is 6.25. The van der Waals surface area contributed by atoms with Crippen molar-refractivity contribution in [1.29, 1.82) is 0 Å². The largest absolute Gasteiger partial charge is 0.504 e. The van der Waals surface area contributed by atoms with Crippen molar-refractivity contribution in [2.45, 2.75) is 12.3 Å². The maximum Gasteiger partial charge on any atom is 0.161 e. The van der Waals surface area contributed by atoms with Gasteiger partial charge in [-0.2, -0.15) is 0 Å². The Morgan fingerprint density at radius 3 is 2.83 bits per heavy atom. The molecule has 2 aromatic carbocycles. The maximum absolute atomic E-state index is 10.3. The zero-order chi connectivity index (χ0) is 16.0. The van der Waals surface area contributed by atoms with Gasteiger partial charge in [0, 0.05) is 35.5 Å². The highest BCUT2D eigenvalue weighted by molar-refractivity contribution is 5.81. The fraction of sp³-hybridized carbons (Fsp3) is 0.263. The van der Waals surface area contributed by atoms with Crippen LogP contribution in [0.1, 0.15) is 22.6 Å². The molecule has 0 radical (unpaired) electrons. The second-order valence-electron chi connectivity index (χ2n) is 6.25. The van der Waals surface area contributed by atoms with Gasteiger partial charge in [-0.1, -0.05) is 24.3 Å². The molecule has 0 bridgehead atoms. The average Bonchev–Trinajstić information content (AvgIpc) is 2.96. The monoisotopic (exact) mass is 309 g/mol. The molecule has 1 unspecified atom stereocenters. The number of furan rings is 1. The standard InChI is InChI=1S/C19H19NO3/c1-20-9-7-14-13(5-6-17(21)18(14)22)16(11-20)15-4-2-3-12-8-10-23-19(12)15/h2-6,8,10,16,21-22H,7,9,11H2,1H3. The van der Waals surface area contributed by atoms with Gasteiger partial charge in [-0.3, -0.25) is 0 Å². The molecule has 4 heteroatoms. The number of phenols is 2. The number of aromatic hydroxyl groups is 2. The van der Waals surface area contributed by atoms with Crippen LogP contribution in [0.3, 0.4) is 0 Å². The molecular weight excluding hydrogens is 290 g/mol. The van der Waals surface area contributed by atoms with Gasteiger partial charge in [0.05, 0.1) is 6.26 Å². The number of fused-ring (bicyclic) bond motifs is 2. The predicted molar refractivity (Wildman–Crippen MR) is 89.0 cm³/mol. The number of benzene rings is 2. The van der Waals surface area contributed by atoms with Crippen molar-refractivity contribution >= 4 is 11.0 Å². The highest BCUT2D eigenvalue weighted by Crippen LogP contribution is 2.41. The van der Waals surface area contributed by atoms with E-state index >= 15 is 0 Å². The lowest BCUT2D eigenvalue weighted by atomic mass is 9.86. The van der Waals surface area contributed by atoms with E-state index in [9.17, 15) is 10.2 Å². The van der Waals surface area contributed by atoms with Crippen molar-refractivity contribution in [3.63, 3.8) is 0 Å². The number of likely N-dealkylation sites (N-methyl/N-ethyl adjacent to an activating group) is 1. The Balaban J connectivity index is 1.94. The van der Waals surface area contributed by atoms with Crippen LogP contribution in [0.15, 0.2) is 47.1 Å². The van der Waals surface area contributed by atoms with Gasteiger partial charge >= 0.3 is 0 Å². The first-order valence-electron chi connectivity index (χ1n) is 7.83. The maximum atomic E-state index is 10.3. The SMILES string of the molecule is CN1CCc2c(ccc(O)c2O)C(c2cccc3ccoc23)C1. The van der Waals surface area contributed by atoms with Crippen molar-refractivity contribution in [1.82, 2.24) is 4.90 Å². The first-order valence-corrected chi connectivity index (χ1v) is 7.83. The van der Waals surface area contributed by atoms with E-state index in [1.807, 2.05) is 24.3 Å². The third-order valence-corrected chi connectivity index (χ3v) is 4.80. The van der Waals surface area contributed by atoms with Crippen molar-refractivity contribution in [3.8, 4) is 11.5 Å². The van der Waals surface area contributed by atoms with Crippen LogP contribution in [0.2, 0.25) is 0 Å². The Morgan fingerprint density at radius 2 is 1.96 bits per heavy atom. The molecule has 2 N–H and O–H groups in total. The van der Waals surface area contributed by atoms with Crippen molar-refractivity contribution in [2.75, 3.05) is 20.1 Å². The molecule has 0 aliphatic carbocycles. The molecule has 0 saturated carbocycles. The first kappa shape index (κ1) is 14.2. The van der Waals surface area contributed by atoms with Gasteiger partial charge in [0.2, 0.25) is 0 Å². The number of hydrogen-bond donors (Lipinski definition) is 2. The predicted octanol–water partition coefficient (Wildman–Crippen LogP) is 3.46. The minimum absolute atomic E-state index is 0.00872. The molecule has 118 valence electrons. The zero-order valence-electron chi connectivity index (χ0n) is 13.0. The quantitative estimate of drug-likeness (QED) is 0.676. The fourth-order valence-corrected chi connectivity index (χ4v) is 3.59. The molecule has 23 heavy (non-hydrogen) atoms. The highest BCUT2D eigenvalue weighted by Gasteiger charge is 2.27. The summed E-state index contributed by atoms with van der Waals surface area (Å²) < 4.78 is 5.72. The summed E-state index contributed by atoms with van der Waals surface area (Å²) in [6.07, 6.45) is 2.43. The normalized spacial score (nSPS) is 18.7. The third kappa shape index (κ3) is 2.26. The van der Waals surface area contributed by atoms with Crippen LogP contribution < -0.4 is 0 Å². The minimum atomic E-state index is -0.0525. The number of nitrogens with zero attached hydrogens (tertiary/aromatic N) is 1. The van der Waals surface area contributed by atoms with E-state index in [4.69, 9.17) is 4.42 Å². The van der Waals surface area contributed by atoms with E-state index in [-0.39, 0.29) is 17.4 Å². The van der Waals surface area contributed by atoms with E-state index in [0.717, 1.165) is 47.2 Å². The lowest BCUT2D eigenvalue weighted by Gasteiger charge is -2.22. The lowest BCUT2D eigenvalue weighted by molar-refractivity contribution is 0.336. The van der Waals surface area contributed by atoms with Gasteiger partial charge in [-0.05, 0) is 31.2 Å². The summed E-state index contributed by atoms with van der Waals surface area (Å²) in [5.74, 6) is 0.0523. The van der Waals surface area contributed by atoms with Crippen LogP contribution >= 0.6 is 0 Å². The summed E-state index contributed by atoms with van der Waals surface area (Å²) in [6.45, 7) is 1.69. The van der Waals surface area contributed by atoms with Gasteiger partial charge in [0.25, 0.3) is 0 Å². The van der Waals surface area contributed by atoms with Gasteiger partial charge in [-0.15, -0.1) is 0 Å². The van der Waals surface area contributed by atoms with E-state index in [0.29, 0.717) is 0 Å². The van der Waals surface area contributed by atoms with Crippen LogP contribution in [0.5, 0.6) is 11.5 Å². The smallest absolute Gasteiger partial charge is 0.161 e. The molecular formula is C19H19NO3. The van der Waals surface area contributed by atoms with E-state index in [1.54, 1.807) is 12.3 Å². The van der Waals surface area contributed by atoms with Crippen molar-refractivity contribution < 1.29 is 14.6 Å². The number of hydrogen-bond acceptors (Lipinski definition) is 4. The van der Waals surface area contributed by atoms with Crippen LogP contribution in [-0.2, 0) is 6.42 Å². The first-order chi connectivity index (χ1) is 11.1. The average molecular weight is 309 g/mol. The molecule has 3 aromatic rings. The number of phenolic OH excluding ortho intramolecular Hbond substituents is 2. The van der Waals surface area contributed by atoms with E-state index in [1.165, 1.54) is 0 Å². The molecule has 4 nitrogen and oxygen atoms in total. The van der Waals surface area contributed by atoms with Crippen molar-refractivity contribution in [2.24, 2.45) is 0 Å². The molecule has 0 saturated heterocycles. The number of rotatable bonds is 1. The van der Waals surface area contributed by atoms with Gasteiger partial charge < -0.3 is 19.5 Å². The molecule has 0 fully saturated rings. The molecule has 4 rings (SSSR count). The molecule has 1 aromatic heterocycles. The summed E-state index contributed by atoms with van der Waals surface area (Å²) in [5.41, 5.74) is 3.91. The Bertz CT molecular complexity index is 868. The molecule has 0 amide bonds. The third-order valence-electron chi connectivity index (χ3n) is 4.80. The molecule has 1 atom stereocenters. The van der Waals surface area contributed by atoms with Crippen molar-refractivity contribution in [3.05, 3.63) is 59.4 Å². The van der Waals surface area contributed by atoms with Crippen LogP contribution in [0.4, 0.5) is 0 Å². The Kier molecular flexibility index (Phi) is 3.27. The van der Waals surface area contributed by atoms with Gasteiger partial charge in [0.1, 0.15) is 5.58 Å². The van der Waals surface area contributed by atoms with Gasteiger partial charge in [0.15, 0.2) is 11.5 Å². The molecule has 1 aliphatic rings. The molecule has 0 spiro atoms. The minimum Gasteiger partial charge on any atom is -0.504 e. The summed E-state index contributed by atoms with van der Waals surface area (Å²) in [5, 5.41) is 21.2. The zero-order valence-corrected chi connectivity index (χ0v) is 13.0. The topological polar surface area (TPSA) is 56.8 Å². The summed E-state index contributed by atoms with van der Waals surface area (Å²) in [6, 6.07) is 11.6. The summed E-state index contributed by atoms with van der Waals surface area (Å²) in [7, 11) is 2.08. The summed E-state index contributed by atoms with van der Waals surface area (Å²) >= 11 is 0. The summed E-state index contributed by atoms with van der Waals surface area (Å²) in [4.78, 5) is 2.25. The van der Waals surface area contributed by atoms with Gasteiger partial charge in [-0.25, -0.2) is 0 Å². The Hall–Kier alpha value is -2.46. The van der Waals surface area contributed by atoms with E-state index < -0.39 is 0 Å². The second kappa shape index (κ2) is 5.32. The Labute approximate surface area is 134 Å². The van der Waals surface area contributed by atoms with Crippen LogP contribution in [-0.4, -0.2) is 35.3 Å². The molecule has 2 heterocycles. The van der Waals surface area contributed by atoms with E-state index in [2.05, 4.69) is 18.0 Å². The van der Waals surface area contributed by atoms with Crippen LogP contribution in [0.25, 0.3) is 11.0 Å². The lowest BCUT2D eigenvalue weighted by Crippen LogP contribution is -2.24. The molecule has 1 aliphatic heterocycles. The highest BCUT2D eigenvalue weighted by atomic mass is 16.3. The Morgan fingerprint density at radius 1 is 1.09 bits per heavy atom.